The third-order valence-electron chi connectivity index (χ3n) is 2.97. The summed E-state index contributed by atoms with van der Waals surface area (Å²) in [6.07, 6.45) is 0. The lowest BCUT2D eigenvalue weighted by atomic mass is 10.1. The van der Waals surface area contributed by atoms with Gasteiger partial charge in [0.15, 0.2) is 0 Å². The first-order chi connectivity index (χ1) is 9.69. The minimum absolute atomic E-state index is 0.143. The van der Waals surface area contributed by atoms with E-state index in [4.69, 9.17) is 4.74 Å². The number of benzene rings is 2. The van der Waals surface area contributed by atoms with Gasteiger partial charge < -0.3 is 9.84 Å². The molecule has 0 spiro atoms. The molecule has 0 aliphatic heterocycles. The van der Waals surface area contributed by atoms with E-state index >= 15 is 0 Å². The number of hydrogen-bond acceptors (Lipinski definition) is 4. The fourth-order valence-electron chi connectivity index (χ4n) is 2.00. The molecule has 0 saturated heterocycles. The molecule has 4 nitrogen and oxygen atoms in total. The summed E-state index contributed by atoms with van der Waals surface area (Å²) in [5.74, 6) is -0.660. The van der Waals surface area contributed by atoms with Crippen molar-refractivity contribution in [2.24, 2.45) is 0 Å². The van der Waals surface area contributed by atoms with Gasteiger partial charge in [-0.2, -0.15) is 0 Å². The van der Waals surface area contributed by atoms with Gasteiger partial charge in [-0.3, -0.25) is 0 Å². The number of methoxy groups -OCH3 is 1. The summed E-state index contributed by atoms with van der Waals surface area (Å²) in [7, 11) is 1.46. The fraction of sp³-hybridized carbons (Fsp3) is 0.0667. The minimum atomic E-state index is -1.01. The van der Waals surface area contributed by atoms with Crippen LogP contribution in [0.5, 0.6) is 5.75 Å². The molecular weight excluding hydrogens is 274 g/mol. The lowest BCUT2D eigenvalue weighted by molar-refractivity contribution is 0.0693. The monoisotopic (exact) mass is 285 g/mol. The Labute approximate surface area is 119 Å². The largest absolute Gasteiger partial charge is 0.496 e. The van der Waals surface area contributed by atoms with Gasteiger partial charge in [-0.25, -0.2) is 9.78 Å². The fourth-order valence-corrected chi connectivity index (χ4v) is 2.97. The molecule has 0 unspecified atom stereocenters. The first kappa shape index (κ1) is 12.6. The van der Waals surface area contributed by atoms with Gasteiger partial charge in [-0.05, 0) is 30.3 Å². The van der Waals surface area contributed by atoms with Crippen molar-refractivity contribution in [3.63, 3.8) is 0 Å². The van der Waals surface area contributed by atoms with Crippen LogP contribution in [0.4, 0.5) is 0 Å². The van der Waals surface area contributed by atoms with Crippen LogP contribution < -0.4 is 4.74 Å². The molecule has 1 heterocycles. The van der Waals surface area contributed by atoms with Gasteiger partial charge >= 0.3 is 5.97 Å². The molecule has 0 aliphatic carbocycles. The highest BCUT2D eigenvalue weighted by Crippen LogP contribution is 2.32. The number of hydrogen-bond donors (Lipinski definition) is 1. The van der Waals surface area contributed by atoms with E-state index in [2.05, 4.69) is 4.98 Å². The second-order valence-corrected chi connectivity index (χ2v) is 5.24. The smallest absolute Gasteiger partial charge is 0.339 e. The molecule has 0 radical (unpaired) electrons. The van der Waals surface area contributed by atoms with E-state index < -0.39 is 5.97 Å². The van der Waals surface area contributed by atoms with Crippen molar-refractivity contribution in [2.45, 2.75) is 0 Å². The van der Waals surface area contributed by atoms with E-state index in [9.17, 15) is 9.90 Å². The van der Waals surface area contributed by atoms with Gasteiger partial charge in [0.2, 0.25) is 0 Å². The predicted octanol–water partition coefficient (Wildman–Crippen LogP) is 3.67. The van der Waals surface area contributed by atoms with E-state index in [1.54, 1.807) is 12.1 Å². The number of fused-ring (bicyclic) bond motifs is 1. The number of thiazole rings is 1. The van der Waals surface area contributed by atoms with Crippen molar-refractivity contribution in [1.82, 2.24) is 4.98 Å². The number of aromatic nitrogens is 1. The van der Waals surface area contributed by atoms with Crippen LogP contribution in [-0.4, -0.2) is 23.2 Å². The van der Waals surface area contributed by atoms with Crippen molar-refractivity contribution in [3.05, 3.63) is 48.0 Å². The van der Waals surface area contributed by atoms with Crippen molar-refractivity contribution in [2.75, 3.05) is 7.11 Å². The number of aromatic carboxylic acids is 1. The molecule has 3 rings (SSSR count). The van der Waals surface area contributed by atoms with Crippen molar-refractivity contribution in [1.29, 1.82) is 0 Å². The number of carbonyl (C=O) groups is 1. The maximum atomic E-state index is 11.2. The second kappa shape index (κ2) is 4.94. The Balaban J connectivity index is 2.14. The Kier molecular flexibility index (Phi) is 3.12. The van der Waals surface area contributed by atoms with Gasteiger partial charge in [0.25, 0.3) is 0 Å². The molecule has 3 aromatic rings. The lowest BCUT2D eigenvalue weighted by Gasteiger charge is -2.05. The van der Waals surface area contributed by atoms with E-state index in [1.165, 1.54) is 18.4 Å². The average Bonchev–Trinajstić information content (AvgIpc) is 2.90. The molecular formula is C15H11NO3S. The van der Waals surface area contributed by atoms with Gasteiger partial charge in [0.1, 0.15) is 16.3 Å². The molecule has 0 atom stereocenters. The Morgan fingerprint density at radius 3 is 2.75 bits per heavy atom. The SMILES string of the molecule is COc1ccc(-c2nc3ccccc3s2)cc1C(=O)O. The normalized spacial score (nSPS) is 10.7. The zero-order chi connectivity index (χ0) is 14.1. The number of para-hydroxylation sites is 1. The molecule has 0 aliphatic rings. The maximum Gasteiger partial charge on any atom is 0.339 e. The standard InChI is InChI=1S/C15H11NO3S/c1-19-12-7-6-9(8-10(12)15(17)18)14-16-11-4-2-3-5-13(11)20-14/h2-8H,1H3,(H,17,18). The molecule has 1 N–H and O–H groups in total. The highest BCUT2D eigenvalue weighted by molar-refractivity contribution is 7.21. The minimum Gasteiger partial charge on any atom is -0.496 e. The highest BCUT2D eigenvalue weighted by Gasteiger charge is 2.14. The number of rotatable bonds is 3. The number of ether oxygens (including phenoxy) is 1. The predicted molar refractivity (Wildman–Crippen MR) is 78.6 cm³/mol. The molecule has 20 heavy (non-hydrogen) atoms. The maximum absolute atomic E-state index is 11.2. The summed E-state index contributed by atoms with van der Waals surface area (Å²) in [6, 6.07) is 12.9. The number of carboxylic acid groups (broad SMARTS) is 1. The Morgan fingerprint density at radius 2 is 2.05 bits per heavy atom. The van der Waals surface area contributed by atoms with Crippen LogP contribution in [0.2, 0.25) is 0 Å². The second-order valence-electron chi connectivity index (χ2n) is 4.21. The molecule has 0 fully saturated rings. The van der Waals surface area contributed by atoms with E-state index in [-0.39, 0.29) is 5.56 Å². The van der Waals surface area contributed by atoms with Crippen molar-refractivity contribution in [3.8, 4) is 16.3 Å². The molecule has 1 aromatic heterocycles. The Hall–Kier alpha value is -2.40. The highest BCUT2D eigenvalue weighted by atomic mass is 32.1. The number of nitrogens with zero attached hydrogens (tertiary/aromatic N) is 1. The summed E-state index contributed by atoms with van der Waals surface area (Å²) in [6.45, 7) is 0. The lowest BCUT2D eigenvalue weighted by Crippen LogP contribution is -2.00. The van der Waals surface area contributed by atoms with Gasteiger partial charge in [-0.15, -0.1) is 11.3 Å². The quantitative estimate of drug-likeness (QED) is 0.797. The van der Waals surface area contributed by atoms with Crippen molar-refractivity contribution >= 4 is 27.5 Å². The van der Waals surface area contributed by atoms with Crippen LogP contribution in [0.25, 0.3) is 20.8 Å². The number of carboxylic acids is 1. The van der Waals surface area contributed by atoms with E-state index in [1.807, 2.05) is 30.3 Å². The first-order valence-electron chi connectivity index (χ1n) is 5.96. The molecule has 0 amide bonds. The summed E-state index contributed by atoms with van der Waals surface area (Å²) in [4.78, 5) is 15.8. The zero-order valence-electron chi connectivity index (χ0n) is 10.7. The Bertz CT molecular complexity index is 762. The van der Waals surface area contributed by atoms with Crippen LogP contribution in [0.1, 0.15) is 10.4 Å². The molecule has 100 valence electrons. The van der Waals surface area contributed by atoms with Crippen LogP contribution in [-0.2, 0) is 0 Å². The topological polar surface area (TPSA) is 59.4 Å². The van der Waals surface area contributed by atoms with Crippen LogP contribution in [0.15, 0.2) is 42.5 Å². The van der Waals surface area contributed by atoms with Crippen LogP contribution in [0.3, 0.4) is 0 Å². The van der Waals surface area contributed by atoms with E-state index in [0.29, 0.717) is 5.75 Å². The van der Waals surface area contributed by atoms with Crippen molar-refractivity contribution < 1.29 is 14.6 Å². The average molecular weight is 285 g/mol. The third kappa shape index (κ3) is 2.12. The third-order valence-corrected chi connectivity index (χ3v) is 4.06. The molecule has 2 aromatic carbocycles. The first-order valence-corrected chi connectivity index (χ1v) is 6.78. The molecule has 5 heteroatoms. The van der Waals surface area contributed by atoms with Gasteiger partial charge in [0, 0.05) is 5.56 Å². The van der Waals surface area contributed by atoms with Gasteiger partial charge in [-0.1, -0.05) is 12.1 Å². The summed E-state index contributed by atoms with van der Waals surface area (Å²) in [5, 5.41) is 10.0. The van der Waals surface area contributed by atoms with Gasteiger partial charge in [0.05, 0.1) is 17.3 Å². The summed E-state index contributed by atoms with van der Waals surface area (Å²) < 4.78 is 6.14. The van der Waals surface area contributed by atoms with Crippen LogP contribution >= 0.6 is 11.3 Å². The summed E-state index contributed by atoms with van der Waals surface area (Å²) >= 11 is 1.54. The Morgan fingerprint density at radius 1 is 1.25 bits per heavy atom. The zero-order valence-corrected chi connectivity index (χ0v) is 11.5. The molecule has 0 saturated carbocycles. The summed E-state index contributed by atoms with van der Waals surface area (Å²) in [5.41, 5.74) is 1.84. The van der Waals surface area contributed by atoms with Crippen LogP contribution in [0, 0.1) is 0 Å². The van der Waals surface area contributed by atoms with E-state index in [0.717, 1.165) is 20.8 Å². The molecule has 0 bridgehead atoms.